The molecule has 1 fully saturated rings. The second-order valence-corrected chi connectivity index (χ2v) is 4.58. The van der Waals surface area contributed by atoms with Gasteiger partial charge in [0.15, 0.2) is 0 Å². The van der Waals surface area contributed by atoms with Crippen molar-refractivity contribution in [2.45, 2.75) is 64.9 Å². The maximum Gasteiger partial charge on any atom is 0.0571 e. The Hall–Kier alpha value is -0.0400. The minimum Gasteiger partial charge on any atom is -0.393 e. The van der Waals surface area contributed by atoms with Gasteiger partial charge in [-0.1, -0.05) is 33.1 Å². The predicted octanol–water partition coefficient (Wildman–Crippen LogP) is 3.36. The largest absolute Gasteiger partial charge is 0.393 e. The van der Waals surface area contributed by atoms with Gasteiger partial charge in [0, 0.05) is 0 Å². The summed E-state index contributed by atoms with van der Waals surface area (Å²) in [7, 11) is 0. The van der Waals surface area contributed by atoms with E-state index < -0.39 is 0 Å². The minimum absolute atomic E-state index is 0.00486. The summed E-state index contributed by atoms with van der Waals surface area (Å²) in [6.45, 7) is 4.45. The first kappa shape index (κ1) is 11.0. The fourth-order valence-corrected chi connectivity index (χ4v) is 2.67. The van der Waals surface area contributed by atoms with Crippen LogP contribution in [0, 0.1) is 11.8 Å². The molecule has 0 amide bonds. The molecular weight excluding hydrogens is 160 g/mol. The van der Waals surface area contributed by atoms with Crippen molar-refractivity contribution in [1.82, 2.24) is 0 Å². The second kappa shape index (κ2) is 5.64. The molecule has 1 nitrogen and oxygen atoms in total. The van der Waals surface area contributed by atoms with Crippen LogP contribution in [0.15, 0.2) is 0 Å². The van der Waals surface area contributed by atoms with Crippen LogP contribution in [0.1, 0.15) is 58.8 Å². The standard InChI is InChI=1S/C12H24O/c1-3-5-10-7-8-11(6-4-2)12(13)9-10/h10-13H,3-9H2,1-2H3. The van der Waals surface area contributed by atoms with Gasteiger partial charge >= 0.3 is 0 Å². The molecule has 0 aromatic carbocycles. The summed E-state index contributed by atoms with van der Waals surface area (Å²) < 4.78 is 0. The third kappa shape index (κ3) is 3.30. The Kier molecular flexibility index (Phi) is 4.79. The number of aliphatic hydroxyl groups excluding tert-OH is 1. The molecule has 1 aliphatic rings. The highest BCUT2D eigenvalue weighted by Crippen LogP contribution is 2.33. The van der Waals surface area contributed by atoms with Crippen molar-refractivity contribution >= 4 is 0 Å². The van der Waals surface area contributed by atoms with E-state index in [9.17, 15) is 5.11 Å². The molecule has 3 atom stereocenters. The highest BCUT2D eigenvalue weighted by atomic mass is 16.3. The molecule has 78 valence electrons. The zero-order valence-corrected chi connectivity index (χ0v) is 9.13. The van der Waals surface area contributed by atoms with Gasteiger partial charge in [-0.15, -0.1) is 0 Å². The van der Waals surface area contributed by atoms with E-state index >= 15 is 0 Å². The molecule has 1 aliphatic carbocycles. The molecule has 13 heavy (non-hydrogen) atoms. The van der Waals surface area contributed by atoms with E-state index in [1.807, 2.05) is 0 Å². The maximum absolute atomic E-state index is 9.90. The van der Waals surface area contributed by atoms with Crippen molar-refractivity contribution in [2.24, 2.45) is 11.8 Å². The average Bonchev–Trinajstić information content (AvgIpc) is 2.10. The van der Waals surface area contributed by atoms with Gasteiger partial charge in [-0.2, -0.15) is 0 Å². The number of aliphatic hydroxyl groups is 1. The van der Waals surface area contributed by atoms with Crippen molar-refractivity contribution in [2.75, 3.05) is 0 Å². The lowest BCUT2D eigenvalue weighted by Gasteiger charge is -2.32. The molecule has 0 aliphatic heterocycles. The Balaban J connectivity index is 2.28. The van der Waals surface area contributed by atoms with Crippen LogP contribution in [0.3, 0.4) is 0 Å². The second-order valence-electron chi connectivity index (χ2n) is 4.58. The van der Waals surface area contributed by atoms with E-state index in [-0.39, 0.29) is 6.10 Å². The zero-order valence-electron chi connectivity index (χ0n) is 9.13. The van der Waals surface area contributed by atoms with Gasteiger partial charge in [0.2, 0.25) is 0 Å². The Morgan fingerprint density at radius 3 is 2.31 bits per heavy atom. The molecule has 1 rings (SSSR count). The van der Waals surface area contributed by atoms with E-state index in [1.165, 1.54) is 38.5 Å². The average molecular weight is 184 g/mol. The highest BCUT2D eigenvalue weighted by Gasteiger charge is 2.27. The summed E-state index contributed by atoms with van der Waals surface area (Å²) in [5.41, 5.74) is 0. The Morgan fingerprint density at radius 2 is 1.77 bits per heavy atom. The summed E-state index contributed by atoms with van der Waals surface area (Å²) in [6.07, 6.45) is 8.73. The summed E-state index contributed by atoms with van der Waals surface area (Å²) in [6, 6.07) is 0. The first-order valence-electron chi connectivity index (χ1n) is 5.96. The molecule has 1 saturated carbocycles. The molecular formula is C12H24O. The Morgan fingerprint density at radius 1 is 1.08 bits per heavy atom. The van der Waals surface area contributed by atoms with E-state index in [1.54, 1.807) is 0 Å². The molecule has 1 N–H and O–H groups in total. The van der Waals surface area contributed by atoms with Gasteiger partial charge < -0.3 is 5.11 Å². The highest BCUT2D eigenvalue weighted by molar-refractivity contribution is 4.79. The lowest BCUT2D eigenvalue weighted by Crippen LogP contribution is -2.29. The normalized spacial score (nSPS) is 34.8. The van der Waals surface area contributed by atoms with Gasteiger partial charge in [0.05, 0.1) is 6.10 Å². The van der Waals surface area contributed by atoms with Crippen LogP contribution < -0.4 is 0 Å². The summed E-state index contributed by atoms with van der Waals surface area (Å²) in [5.74, 6) is 1.42. The van der Waals surface area contributed by atoms with Crippen LogP contribution in [-0.4, -0.2) is 11.2 Å². The van der Waals surface area contributed by atoms with Crippen molar-refractivity contribution in [3.63, 3.8) is 0 Å². The summed E-state index contributed by atoms with van der Waals surface area (Å²) >= 11 is 0. The lowest BCUT2D eigenvalue weighted by atomic mass is 9.76. The van der Waals surface area contributed by atoms with E-state index in [0.29, 0.717) is 5.92 Å². The van der Waals surface area contributed by atoms with Gasteiger partial charge in [0.25, 0.3) is 0 Å². The molecule has 3 unspecified atom stereocenters. The molecule has 0 bridgehead atoms. The number of hydrogen-bond donors (Lipinski definition) is 1. The zero-order chi connectivity index (χ0) is 9.68. The van der Waals surface area contributed by atoms with Gasteiger partial charge in [-0.25, -0.2) is 0 Å². The molecule has 1 heteroatoms. The van der Waals surface area contributed by atoms with Gasteiger partial charge in [-0.3, -0.25) is 0 Å². The number of rotatable bonds is 4. The Labute approximate surface area is 82.5 Å². The fraction of sp³-hybridized carbons (Fsp3) is 1.00. The first-order valence-corrected chi connectivity index (χ1v) is 5.96. The van der Waals surface area contributed by atoms with Crippen LogP contribution in [0.25, 0.3) is 0 Å². The topological polar surface area (TPSA) is 20.2 Å². The van der Waals surface area contributed by atoms with E-state index in [0.717, 1.165) is 12.3 Å². The fourth-order valence-electron chi connectivity index (χ4n) is 2.67. The smallest absolute Gasteiger partial charge is 0.0571 e. The monoisotopic (exact) mass is 184 g/mol. The van der Waals surface area contributed by atoms with Crippen molar-refractivity contribution < 1.29 is 5.11 Å². The van der Waals surface area contributed by atoms with Crippen LogP contribution in [0.2, 0.25) is 0 Å². The Bertz CT molecular complexity index is 133. The van der Waals surface area contributed by atoms with Crippen molar-refractivity contribution in [3.05, 3.63) is 0 Å². The molecule has 0 aromatic rings. The molecule has 0 spiro atoms. The third-order valence-corrected chi connectivity index (χ3v) is 3.42. The van der Waals surface area contributed by atoms with Crippen LogP contribution in [-0.2, 0) is 0 Å². The van der Waals surface area contributed by atoms with E-state index in [4.69, 9.17) is 0 Å². The van der Waals surface area contributed by atoms with Crippen LogP contribution >= 0.6 is 0 Å². The minimum atomic E-state index is 0.00486. The summed E-state index contributed by atoms with van der Waals surface area (Å²) in [4.78, 5) is 0. The predicted molar refractivity (Wildman–Crippen MR) is 56.7 cm³/mol. The van der Waals surface area contributed by atoms with Crippen LogP contribution in [0.5, 0.6) is 0 Å². The molecule has 0 radical (unpaired) electrons. The van der Waals surface area contributed by atoms with E-state index in [2.05, 4.69) is 13.8 Å². The van der Waals surface area contributed by atoms with Crippen molar-refractivity contribution in [1.29, 1.82) is 0 Å². The first-order chi connectivity index (χ1) is 6.27. The molecule has 0 aromatic heterocycles. The lowest BCUT2D eigenvalue weighted by molar-refractivity contribution is 0.0382. The maximum atomic E-state index is 9.90. The quantitative estimate of drug-likeness (QED) is 0.710. The van der Waals surface area contributed by atoms with Gasteiger partial charge in [0.1, 0.15) is 0 Å². The van der Waals surface area contributed by atoms with Crippen LogP contribution in [0.4, 0.5) is 0 Å². The number of hydrogen-bond acceptors (Lipinski definition) is 1. The third-order valence-electron chi connectivity index (χ3n) is 3.42. The SMILES string of the molecule is CCCC1CCC(CCC)C(O)C1. The van der Waals surface area contributed by atoms with Gasteiger partial charge in [-0.05, 0) is 37.5 Å². The molecule has 0 saturated heterocycles. The molecule has 0 heterocycles. The summed E-state index contributed by atoms with van der Waals surface area (Å²) in [5, 5.41) is 9.90. The van der Waals surface area contributed by atoms with Crippen molar-refractivity contribution in [3.8, 4) is 0 Å².